The second kappa shape index (κ2) is 5.95. The fourth-order valence-electron chi connectivity index (χ4n) is 1.50. The maximum Gasteiger partial charge on any atom is 0.412 e. The van der Waals surface area contributed by atoms with E-state index in [-0.39, 0.29) is 6.61 Å². The van der Waals surface area contributed by atoms with Gasteiger partial charge in [0.2, 0.25) is 0 Å². The standard InChI is InChI=1S/C14H13FN2O2/c1-10-13(7-12(15)8-16-10)17-14(18)19-9-11-5-3-2-4-6-11/h2-8H,9H2,1H3,(H,17,18). The molecule has 0 aliphatic rings. The molecule has 0 unspecified atom stereocenters. The van der Waals surface area contributed by atoms with Crippen molar-refractivity contribution in [1.82, 2.24) is 4.98 Å². The van der Waals surface area contributed by atoms with Crippen LogP contribution >= 0.6 is 0 Å². The number of aromatic nitrogens is 1. The number of ether oxygens (including phenoxy) is 1. The Hall–Kier alpha value is -2.43. The van der Waals surface area contributed by atoms with Crippen molar-refractivity contribution >= 4 is 11.8 Å². The first-order chi connectivity index (χ1) is 9.15. The van der Waals surface area contributed by atoms with Crippen molar-refractivity contribution in [3.05, 3.63) is 59.7 Å². The average Bonchev–Trinajstić information content (AvgIpc) is 2.42. The van der Waals surface area contributed by atoms with Gasteiger partial charge in [0.1, 0.15) is 12.4 Å². The molecule has 5 heteroatoms. The maximum absolute atomic E-state index is 13.0. The van der Waals surface area contributed by atoms with Gasteiger partial charge in [-0.2, -0.15) is 0 Å². The lowest BCUT2D eigenvalue weighted by atomic mass is 10.2. The molecule has 0 bridgehead atoms. The predicted octanol–water partition coefficient (Wildman–Crippen LogP) is 3.28. The fourth-order valence-corrected chi connectivity index (χ4v) is 1.50. The first kappa shape index (κ1) is 13.0. The number of pyridine rings is 1. The Labute approximate surface area is 110 Å². The summed E-state index contributed by atoms with van der Waals surface area (Å²) >= 11 is 0. The Balaban J connectivity index is 1.93. The molecule has 2 aromatic rings. The van der Waals surface area contributed by atoms with E-state index in [9.17, 15) is 9.18 Å². The summed E-state index contributed by atoms with van der Waals surface area (Å²) in [4.78, 5) is 15.4. The highest BCUT2D eigenvalue weighted by molar-refractivity contribution is 5.85. The smallest absolute Gasteiger partial charge is 0.412 e. The van der Waals surface area contributed by atoms with Gasteiger partial charge in [-0.1, -0.05) is 30.3 Å². The molecule has 2 rings (SSSR count). The number of nitrogens with one attached hydrogen (secondary N) is 1. The molecular weight excluding hydrogens is 247 g/mol. The van der Waals surface area contributed by atoms with Gasteiger partial charge in [-0.05, 0) is 12.5 Å². The molecule has 0 aliphatic heterocycles. The van der Waals surface area contributed by atoms with Gasteiger partial charge in [0, 0.05) is 6.07 Å². The predicted molar refractivity (Wildman–Crippen MR) is 69.2 cm³/mol. The molecule has 0 radical (unpaired) electrons. The van der Waals surface area contributed by atoms with E-state index in [0.29, 0.717) is 11.4 Å². The number of carbonyl (C=O) groups excluding carboxylic acids is 1. The minimum atomic E-state index is -0.639. The van der Waals surface area contributed by atoms with Gasteiger partial charge >= 0.3 is 6.09 Å². The highest BCUT2D eigenvalue weighted by Crippen LogP contribution is 2.13. The van der Waals surface area contributed by atoms with E-state index >= 15 is 0 Å². The van der Waals surface area contributed by atoms with Crippen LogP contribution in [0.3, 0.4) is 0 Å². The van der Waals surface area contributed by atoms with Crippen molar-refractivity contribution in [3.8, 4) is 0 Å². The summed E-state index contributed by atoms with van der Waals surface area (Å²) in [5, 5.41) is 2.46. The zero-order valence-corrected chi connectivity index (χ0v) is 10.4. The molecule has 4 nitrogen and oxygen atoms in total. The van der Waals surface area contributed by atoms with Crippen LogP contribution in [-0.2, 0) is 11.3 Å². The SMILES string of the molecule is Cc1ncc(F)cc1NC(=O)OCc1ccccc1. The summed E-state index contributed by atoms with van der Waals surface area (Å²) in [6, 6.07) is 10.5. The molecule has 0 fully saturated rings. The van der Waals surface area contributed by atoms with Crippen LogP contribution in [0.1, 0.15) is 11.3 Å². The topological polar surface area (TPSA) is 51.2 Å². The highest BCUT2D eigenvalue weighted by Gasteiger charge is 2.07. The third-order valence-corrected chi connectivity index (χ3v) is 2.50. The minimum absolute atomic E-state index is 0.161. The van der Waals surface area contributed by atoms with Crippen LogP contribution in [0, 0.1) is 12.7 Å². The Kier molecular flexibility index (Phi) is 4.07. The van der Waals surface area contributed by atoms with Gasteiger partial charge in [0.05, 0.1) is 17.6 Å². The largest absolute Gasteiger partial charge is 0.444 e. The lowest BCUT2D eigenvalue weighted by Gasteiger charge is -2.08. The van der Waals surface area contributed by atoms with E-state index < -0.39 is 11.9 Å². The number of anilines is 1. The molecule has 1 amide bonds. The van der Waals surface area contributed by atoms with Crippen LogP contribution in [0.4, 0.5) is 14.9 Å². The molecule has 1 heterocycles. The highest BCUT2D eigenvalue weighted by atomic mass is 19.1. The van der Waals surface area contributed by atoms with Crippen LogP contribution in [0.2, 0.25) is 0 Å². The van der Waals surface area contributed by atoms with Crippen molar-refractivity contribution in [2.45, 2.75) is 13.5 Å². The summed E-state index contributed by atoms with van der Waals surface area (Å²) in [6.45, 7) is 1.83. The van der Waals surface area contributed by atoms with Crippen molar-refractivity contribution in [1.29, 1.82) is 0 Å². The zero-order valence-electron chi connectivity index (χ0n) is 10.4. The number of halogens is 1. The number of aryl methyl sites for hydroxylation is 1. The van der Waals surface area contributed by atoms with Crippen LogP contribution in [0.25, 0.3) is 0 Å². The first-order valence-corrected chi connectivity index (χ1v) is 5.75. The summed E-state index contributed by atoms with van der Waals surface area (Å²) in [7, 11) is 0. The average molecular weight is 260 g/mol. The molecular formula is C14H13FN2O2. The molecule has 0 saturated carbocycles. The summed E-state index contributed by atoms with van der Waals surface area (Å²) in [5.41, 5.74) is 1.71. The van der Waals surface area contributed by atoms with Crippen LogP contribution < -0.4 is 5.32 Å². The van der Waals surface area contributed by atoms with Crippen molar-refractivity contribution in [2.24, 2.45) is 0 Å². The quantitative estimate of drug-likeness (QED) is 0.921. The molecule has 1 N–H and O–H groups in total. The normalized spacial score (nSPS) is 10.0. The van der Waals surface area contributed by atoms with E-state index in [1.807, 2.05) is 30.3 Å². The summed E-state index contributed by atoms with van der Waals surface area (Å²) < 4.78 is 18.0. The Morgan fingerprint density at radius 1 is 1.37 bits per heavy atom. The molecule has 1 aromatic carbocycles. The number of nitrogens with zero attached hydrogens (tertiary/aromatic N) is 1. The lowest BCUT2D eigenvalue weighted by Crippen LogP contribution is -2.14. The van der Waals surface area contributed by atoms with Crippen LogP contribution in [0.15, 0.2) is 42.6 Å². The fraction of sp³-hybridized carbons (Fsp3) is 0.143. The summed E-state index contributed by atoms with van der Waals surface area (Å²) in [6.07, 6.45) is 0.454. The van der Waals surface area contributed by atoms with E-state index in [1.165, 1.54) is 6.07 Å². The van der Waals surface area contributed by atoms with Gasteiger partial charge < -0.3 is 4.74 Å². The number of rotatable bonds is 3. The molecule has 98 valence electrons. The molecule has 0 aliphatic carbocycles. The van der Waals surface area contributed by atoms with Gasteiger partial charge in [0.25, 0.3) is 0 Å². The molecule has 0 atom stereocenters. The minimum Gasteiger partial charge on any atom is -0.444 e. The number of benzene rings is 1. The maximum atomic E-state index is 13.0. The van der Waals surface area contributed by atoms with Gasteiger partial charge in [-0.15, -0.1) is 0 Å². The van der Waals surface area contributed by atoms with Crippen LogP contribution in [-0.4, -0.2) is 11.1 Å². The van der Waals surface area contributed by atoms with E-state index in [1.54, 1.807) is 6.92 Å². The van der Waals surface area contributed by atoms with Gasteiger partial charge in [-0.3, -0.25) is 10.3 Å². The van der Waals surface area contributed by atoms with Crippen molar-refractivity contribution < 1.29 is 13.9 Å². The first-order valence-electron chi connectivity index (χ1n) is 5.75. The Morgan fingerprint density at radius 2 is 2.11 bits per heavy atom. The monoisotopic (exact) mass is 260 g/mol. The molecule has 0 spiro atoms. The molecule has 1 aromatic heterocycles. The van der Waals surface area contributed by atoms with Crippen LogP contribution in [0.5, 0.6) is 0 Å². The third kappa shape index (κ3) is 3.77. The summed E-state index contributed by atoms with van der Waals surface area (Å²) in [5.74, 6) is -0.510. The van der Waals surface area contributed by atoms with E-state index in [0.717, 1.165) is 11.8 Å². The zero-order chi connectivity index (χ0) is 13.7. The second-order valence-electron chi connectivity index (χ2n) is 3.97. The van der Waals surface area contributed by atoms with Crippen molar-refractivity contribution in [3.63, 3.8) is 0 Å². The third-order valence-electron chi connectivity index (χ3n) is 2.50. The van der Waals surface area contributed by atoms with Gasteiger partial charge in [-0.25, -0.2) is 9.18 Å². The second-order valence-corrected chi connectivity index (χ2v) is 3.97. The molecule has 0 saturated heterocycles. The lowest BCUT2D eigenvalue weighted by molar-refractivity contribution is 0.155. The van der Waals surface area contributed by atoms with E-state index in [2.05, 4.69) is 10.3 Å². The number of hydrogen-bond acceptors (Lipinski definition) is 3. The number of amides is 1. The Morgan fingerprint density at radius 3 is 2.84 bits per heavy atom. The number of hydrogen-bond donors (Lipinski definition) is 1. The van der Waals surface area contributed by atoms with Gasteiger partial charge in [0.15, 0.2) is 0 Å². The Bertz CT molecular complexity index is 573. The number of carbonyl (C=O) groups is 1. The molecule has 19 heavy (non-hydrogen) atoms. The van der Waals surface area contributed by atoms with Crippen molar-refractivity contribution in [2.75, 3.05) is 5.32 Å². The van der Waals surface area contributed by atoms with E-state index in [4.69, 9.17) is 4.74 Å².